The van der Waals surface area contributed by atoms with Crippen LogP contribution >= 0.6 is 11.3 Å². The number of thiophene rings is 1. The predicted octanol–water partition coefficient (Wildman–Crippen LogP) is 3.88. The van der Waals surface area contributed by atoms with Crippen molar-refractivity contribution in [1.82, 2.24) is 5.32 Å². The molecule has 0 atom stereocenters. The molecule has 0 fully saturated rings. The molecule has 0 aliphatic carbocycles. The van der Waals surface area contributed by atoms with E-state index in [4.69, 9.17) is 4.74 Å². The van der Waals surface area contributed by atoms with E-state index in [9.17, 15) is 13.2 Å². The number of amides is 1. The molecule has 0 unspecified atom stereocenters. The standard InChI is InChI=1S/C20H20N2O4S2/c1-2-26-18-6-3-5-15(13-18)14-21-20(23)16-8-10-17(11-9-16)22-28(24,25)19-7-4-12-27-19/h3-13,22H,2,14H2,1H3,(H,21,23). The Labute approximate surface area is 168 Å². The summed E-state index contributed by atoms with van der Waals surface area (Å²) in [5.74, 6) is 0.520. The van der Waals surface area contributed by atoms with Gasteiger partial charge in [0.05, 0.1) is 6.61 Å². The molecule has 0 aliphatic heterocycles. The van der Waals surface area contributed by atoms with Crippen LogP contribution in [0.5, 0.6) is 5.75 Å². The van der Waals surface area contributed by atoms with Crippen LogP contribution in [0.3, 0.4) is 0 Å². The second-order valence-electron chi connectivity index (χ2n) is 5.88. The molecule has 0 bridgehead atoms. The van der Waals surface area contributed by atoms with Gasteiger partial charge in [0.1, 0.15) is 9.96 Å². The Morgan fingerprint density at radius 3 is 2.54 bits per heavy atom. The van der Waals surface area contributed by atoms with Crippen LogP contribution in [-0.4, -0.2) is 20.9 Å². The van der Waals surface area contributed by atoms with Crippen LogP contribution in [0.2, 0.25) is 0 Å². The summed E-state index contributed by atoms with van der Waals surface area (Å²) in [4.78, 5) is 12.3. The summed E-state index contributed by atoms with van der Waals surface area (Å²) in [5, 5.41) is 4.54. The predicted molar refractivity (Wildman–Crippen MR) is 110 cm³/mol. The SMILES string of the molecule is CCOc1cccc(CNC(=O)c2ccc(NS(=O)(=O)c3cccs3)cc2)c1. The maximum absolute atomic E-state index is 12.3. The lowest BCUT2D eigenvalue weighted by atomic mass is 10.1. The molecule has 28 heavy (non-hydrogen) atoms. The summed E-state index contributed by atoms with van der Waals surface area (Å²) in [5.41, 5.74) is 1.77. The van der Waals surface area contributed by atoms with Crippen LogP contribution < -0.4 is 14.8 Å². The van der Waals surface area contributed by atoms with Crippen molar-refractivity contribution in [3.05, 3.63) is 77.2 Å². The lowest BCUT2D eigenvalue weighted by molar-refractivity contribution is 0.0951. The van der Waals surface area contributed by atoms with Gasteiger partial charge in [-0.25, -0.2) is 8.42 Å². The molecular weight excluding hydrogens is 396 g/mol. The topological polar surface area (TPSA) is 84.5 Å². The summed E-state index contributed by atoms with van der Waals surface area (Å²) in [6, 6.07) is 17.0. The molecular formula is C20H20N2O4S2. The third kappa shape index (κ3) is 5.11. The van der Waals surface area contributed by atoms with E-state index in [-0.39, 0.29) is 10.1 Å². The van der Waals surface area contributed by atoms with Gasteiger partial charge in [-0.2, -0.15) is 0 Å². The molecule has 2 N–H and O–H groups in total. The first-order chi connectivity index (χ1) is 13.5. The summed E-state index contributed by atoms with van der Waals surface area (Å²) >= 11 is 1.14. The molecule has 1 heterocycles. The van der Waals surface area contributed by atoms with Crippen LogP contribution in [0.1, 0.15) is 22.8 Å². The maximum Gasteiger partial charge on any atom is 0.271 e. The zero-order valence-electron chi connectivity index (χ0n) is 15.2. The number of ether oxygens (including phenoxy) is 1. The van der Waals surface area contributed by atoms with Crippen LogP contribution in [-0.2, 0) is 16.6 Å². The lowest BCUT2D eigenvalue weighted by Crippen LogP contribution is -2.22. The van der Waals surface area contributed by atoms with E-state index < -0.39 is 10.0 Å². The lowest BCUT2D eigenvalue weighted by Gasteiger charge is -2.09. The average Bonchev–Trinajstić information content (AvgIpc) is 3.23. The molecule has 0 saturated heterocycles. The van der Waals surface area contributed by atoms with Crippen LogP contribution in [0, 0.1) is 0 Å². The molecule has 0 saturated carbocycles. The van der Waals surface area contributed by atoms with Gasteiger partial charge in [0.15, 0.2) is 0 Å². The molecule has 8 heteroatoms. The minimum absolute atomic E-state index is 0.239. The number of rotatable bonds is 8. The molecule has 1 aromatic heterocycles. The van der Waals surface area contributed by atoms with E-state index in [0.29, 0.717) is 24.4 Å². The fraction of sp³-hybridized carbons (Fsp3) is 0.150. The summed E-state index contributed by atoms with van der Waals surface area (Å²) < 4.78 is 32.6. The number of anilines is 1. The fourth-order valence-corrected chi connectivity index (χ4v) is 4.56. The molecule has 0 aliphatic rings. The van der Waals surface area contributed by atoms with Crippen molar-refractivity contribution < 1.29 is 17.9 Å². The molecule has 3 rings (SSSR count). The number of hydrogen-bond donors (Lipinski definition) is 2. The van der Waals surface area contributed by atoms with Crippen LogP contribution in [0.15, 0.2) is 70.3 Å². The Kier molecular flexibility index (Phi) is 6.33. The van der Waals surface area contributed by atoms with Gasteiger partial charge in [0.25, 0.3) is 15.9 Å². The van der Waals surface area contributed by atoms with Crippen LogP contribution in [0.25, 0.3) is 0 Å². The van der Waals surface area contributed by atoms with Gasteiger partial charge in [-0.15, -0.1) is 11.3 Å². The third-order valence-corrected chi connectivity index (χ3v) is 6.60. The molecule has 146 valence electrons. The highest BCUT2D eigenvalue weighted by Crippen LogP contribution is 2.20. The van der Waals surface area contributed by atoms with Gasteiger partial charge in [0, 0.05) is 17.8 Å². The second-order valence-corrected chi connectivity index (χ2v) is 8.73. The van der Waals surface area contributed by atoms with E-state index in [1.54, 1.807) is 35.7 Å². The first-order valence-electron chi connectivity index (χ1n) is 8.64. The van der Waals surface area contributed by atoms with Crippen molar-refractivity contribution in [2.75, 3.05) is 11.3 Å². The Balaban J connectivity index is 1.60. The zero-order valence-corrected chi connectivity index (χ0v) is 16.8. The zero-order chi connectivity index (χ0) is 20.0. The van der Waals surface area contributed by atoms with Gasteiger partial charge in [-0.05, 0) is 60.3 Å². The highest BCUT2D eigenvalue weighted by Gasteiger charge is 2.15. The first kappa shape index (κ1) is 19.9. The summed E-state index contributed by atoms with van der Waals surface area (Å²) in [6.07, 6.45) is 0. The minimum Gasteiger partial charge on any atom is -0.494 e. The van der Waals surface area contributed by atoms with Gasteiger partial charge in [-0.1, -0.05) is 18.2 Å². The van der Waals surface area contributed by atoms with Crippen molar-refractivity contribution in [3.63, 3.8) is 0 Å². The van der Waals surface area contributed by atoms with E-state index in [1.807, 2.05) is 31.2 Å². The van der Waals surface area contributed by atoms with Gasteiger partial charge >= 0.3 is 0 Å². The minimum atomic E-state index is -3.60. The number of sulfonamides is 1. The average molecular weight is 417 g/mol. The molecule has 0 spiro atoms. The third-order valence-electron chi connectivity index (χ3n) is 3.82. The van der Waals surface area contributed by atoms with E-state index in [2.05, 4.69) is 10.0 Å². The number of benzene rings is 2. The molecule has 3 aromatic rings. The van der Waals surface area contributed by atoms with E-state index in [0.717, 1.165) is 22.6 Å². The number of nitrogens with one attached hydrogen (secondary N) is 2. The quantitative estimate of drug-likeness (QED) is 0.584. The Hall–Kier alpha value is -2.84. The molecule has 2 aromatic carbocycles. The van der Waals surface area contributed by atoms with Gasteiger partial charge in [0.2, 0.25) is 0 Å². The first-order valence-corrected chi connectivity index (χ1v) is 11.0. The molecule has 6 nitrogen and oxygen atoms in total. The van der Waals surface area contributed by atoms with Gasteiger partial charge < -0.3 is 10.1 Å². The molecule has 1 amide bonds. The number of carbonyl (C=O) groups excluding carboxylic acids is 1. The monoisotopic (exact) mass is 416 g/mol. The number of carbonyl (C=O) groups is 1. The van der Waals surface area contributed by atoms with E-state index >= 15 is 0 Å². The van der Waals surface area contributed by atoms with Crippen molar-refractivity contribution >= 4 is 33.0 Å². The summed E-state index contributed by atoms with van der Waals surface area (Å²) in [7, 11) is -3.60. The Morgan fingerprint density at radius 1 is 1.07 bits per heavy atom. The van der Waals surface area contributed by atoms with Crippen molar-refractivity contribution in [3.8, 4) is 5.75 Å². The Morgan fingerprint density at radius 2 is 1.86 bits per heavy atom. The normalized spacial score (nSPS) is 11.0. The van der Waals surface area contributed by atoms with Crippen molar-refractivity contribution in [1.29, 1.82) is 0 Å². The van der Waals surface area contributed by atoms with Crippen LogP contribution in [0.4, 0.5) is 5.69 Å². The smallest absolute Gasteiger partial charge is 0.271 e. The van der Waals surface area contributed by atoms with Crippen molar-refractivity contribution in [2.45, 2.75) is 17.7 Å². The van der Waals surface area contributed by atoms with Crippen molar-refractivity contribution in [2.24, 2.45) is 0 Å². The maximum atomic E-state index is 12.3. The second kappa shape index (κ2) is 8.90. The Bertz CT molecular complexity index is 1030. The highest BCUT2D eigenvalue weighted by atomic mass is 32.2. The van der Waals surface area contributed by atoms with E-state index in [1.165, 1.54) is 6.07 Å². The molecule has 0 radical (unpaired) electrons. The largest absolute Gasteiger partial charge is 0.494 e. The summed E-state index contributed by atoms with van der Waals surface area (Å²) in [6.45, 7) is 2.86. The fourth-order valence-electron chi connectivity index (χ4n) is 2.51. The highest BCUT2D eigenvalue weighted by molar-refractivity contribution is 7.94. The van der Waals surface area contributed by atoms with Gasteiger partial charge in [-0.3, -0.25) is 9.52 Å². The number of hydrogen-bond acceptors (Lipinski definition) is 5.